The summed E-state index contributed by atoms with van der Waals surface area (Å²) in [6, 6.07) is 12.1. The lowest BCUT2D eigenvalue weighted by Crippen LogP contribution is -2.13. The predicted octanol–water partition coefficient (Wildman–Crippen LogP) is 4.80. The molecule has 2 aromatic carbocycles. The lowest BCUT2D eigenvalue weighted by molar-refractivity contribution is 0.102. The second-order valence-electron chi connectivity index (χ2n) is 4.77. The zero-order valence-electron chi connectivity index (χ0n) is 12.1. The van der Waals surface area contributed by atoms with Crippen molar-refractivity contribution in [3.8, 4) is 5.75 Å². The van der Waals surface area contributed by atoms with Crippen LogP contribution in [0, 0.1) is 0 Å². The second-order valence-corrected chi connectivity index (χ2v) is 5.58. The number of carbonyl (C=O) groups excluding carboxylic acids is 1. The van der Waals surface area contributed by atoms with E-state index < -0.39 is 5.91 Å². The number of ether oxygens (including phenoxy) is 1. The van der Waals surface area contributed by atoms with Gasteiger partial charge < -0.3 is 10.1 Å². The Kier molecular flexibility index (Phi) is 4.37. The van der Waals surface area contributed by atoms with Gasteiger partial charge in [-0.05, 0) is 30.3 Å². The molecule has 0 aliphatic carbocycles. The van der Waals surface area contributed by atoms with Crippen molar-refractivity contribution in [3.63, 3.8) is 0 Å². The number of amides is 1. The Morgan fingerprint density at radius 2 is 1.78 bits per heavy atom. The molecule has 116 valence electrons. The van der Waals surface area contributed by atoms with Gasteiger partial charge in [0.1, 0.15) is 5.75 Å². The molecule has 0 unspecified atom stereocenters. The lowest BCUT2D eigenvalue weighted by Gasteiger charge is -2.11. The zero-order chi connectivity index (χ0) is 16.4. The third-order valence-corrected chi connectivity index (χ3v) is 4.02. The molecule has 0 atom stereocenters. The molecule has 4 nitrogen and oxygen atoms in total. The van der Waals surface area contributed by atoms with Gasteiger partial charge in [0.2, 0.25) is 0 Å². The molecule has 0 saturated carbocycles. The number of methoxy groups -OCH3 is 1. The van der Waals surface area contributed by atoms with Crippen LogP contribution in [0.1, 0.15) is 10.4 Å². The largest absolute Gasteiger partial charge is 0.496 e. The van der Waals surface area contributed by atoms with E-state index in [9.17, 15) is 4.79 Å². The summed E-state index contributed by atoms with van der Waals surface area (Å²) in [6.45, 7) is 0. The first-order chi connectivity index (χ1) is 11.1. The average Bonchev–Trinajstić information content (AvgIpc) is 2.54. The van der Waals surface area contributed by atoms with Crippen LogP contribution in [0.25, 0.3) is 10.9 Å². The minimum atomic E-state index is -0.391. The molecule has 0 saturated heterocycles. The van der Waals surface area contributed by atoms with E-state index in [2.05, 4.69) is 10.3 Å². The van der Waals surface area contributed by atoms with Crippen molar-refractivity contribution in [1.82, 2.24) is 4.98 Å². The number of hydrogen-bond acceptors (Lipinski definition) is 3. The van der Waals surface area contributed by atoms with Crippen LogP contribution in [0.5, 0.6) is 5.75 Å². The Morgan fingerprint density at radius 1 is 1.09 bits per heavy atom. The molecule has 1 N–H and O–H groups in total. The number of carbonyl (C=O) groups is 1. The average molecular weight is 347 g/mol. The monoisotopic (exact) mass is 346 g/mol. The van der Waals surface area contributed by atoms with Crippen LogP contribution in [-0.2, 0) is 0 Å². The van der Waals surface area contributed by atoms with E-state index in [0.29, 0.717) is 27.0 Å². The first-order valence-corrected chi connectivity index (χ1v) is 7.54. The van der Waals surface area contributed by atoms with Crippen molar-refractivity contribution in [2.24, 2.45) is 0 Å². The van der Waals surface area contributed by atoms with Crippen molar-refractivity contribution >= 4 is 45.7 Å². The number of aromatic nitrogens is 1. The highest BCUT2D eigenvalue weighted by Crippen LogP contribution is 2.30. The fourth-order valence-corrected chi connectivity index (χ4v) is 2.90. The molecule has 1 aromatic heterocycles. The summed E-state index contributed by atoms with van der Waals surface area (Å²) in [5, 5.41) is 4.20. The van der Waals surface area contributed by atoms with Crippen LogP contribution >= 0.6 is 23.2 Å². The van der Waals surface area contributed by atoms with Crippen molar-refractivity contribution in [1.29, 1.82) is 0 Å². The van der Waals surface area contributed by atoms with Crippen LogP contribution in [0.4, 0.5) is 5.69 Å². The molecule has 0 radical (unpaired) electrons. The standard InChI is InChI=1S/C17H12Cl2N2O2/c1-23-14-8-9-20-16-10(14)4-2-7-13(16)21-17(22)15-11(18)5-3-6-12(15)19/h2-9H,1H3,(H,21,22). The lowest BCUT2D eigenvalue weighted by atomic mass is 10.1. The molecule has 0 aliphatic rings. The smallest absolute Gasteiger partial charge is 0.258 e. The number of pyridine rings is 1. The highest BCUT2D eigenvalue weighted by atomic mass is 35.5. The zero-order valence-corrected chi connectivity index (χ0v) is 13.7. The predicted molar refractivity (Wildman–Crippen MR) is 92.7 cm³/mol. The second kappa shape index (κ2) is 6.44. The van der Waals surface area contributed by atoms with Gasteiger partial charge in [-0.3, -0.25) is 9.78 Å². The molecule has 6 heteroatoms. The number of rotatable bonds is 3. The fraction of sp³-hybridized carbons (Fsp3) is 0.0588. The maximum Gasteiger partial charge on any atom is 0.258 e. The first-order valence-electron chi connectivity index (χ1n) is 6.79. The molecule has 0 spiro atoms. The van der Waals surface area contributed by atoms with Crippen LogP contribution in [-0.4, -0.2) is 18.0 Å². The molecular formula is C17H12Cl2N2O2. The normalized spacial score (nSPS) is 10.6. The number of benzene rings is 2. The van der Waals surface area contributed by atoms with Crippen molar-refractivity contribution in [2.45, 2.75) is 0 Å². The number of fused-ring (bicyclic) bond motifs is 1. The number of halogens is 2. The summed E-state index contributed by atoms with van der Waals surface area (Å²) >= 11 is 12.2. The quantitative estimate of drug-likeness (QED) is 0.740. The molecule has 23 heavy (non-hydrogen) atoms. The van der Waals surface area contributed by atoms with Crippen LogP contribution in [0.15, 0.2) is 48.7 Å². The molecular weight excluding hydrogens is 335 g/mol. The number of nitrogens with zero attached hydrogens (tertiary/aromatic N) is 1. The Bertz CT molecular complexity index is 877. The van der Waals surface area contributed by atoms with Crippen LogP contribution in [0.3, 0.4) is 0 Å². The van der Waals surface area contributed by atoms with E-state index in [0.717, 1.165) is 5.39 Å². The number of nitrogens with one attached hydrogen (secondary N) is 1. The van der Waals surface area contributed by atoms with Gasteiger partial charge in [0.15, 0.2) is 0 Å². The van der Waals surface area contributed by atoms with E-state index in [1.807, 2.05) is 12.1 Å². The summed E-state index contributed by atoms with van der Waals surface area (Å²) in [5.41, 5.74) is 1.42. The van der Waals surface area contributed by atoms with Crippen LogP contribution < -0.4 is 10.1 Å². The fourth-order valence-electron chi connectivity index (χ4n) is 2.33. The molecule has 3 rings (SSSR count). The summed E-state index contributed by atoms with van der Waals surface area (Å²) < 4.78 is 5.32. The number of hydrogen-bond donors (Lipinski definition) is 1. The van der Waals surface area contributed by atoms with E-state index in [-0.39, 0.29) is 5.56 Å². The summed E-state index contributed by atoms with van der Waals surface area (Å²) in [6.07, 6.45) is 1.62. The van der Waals surface area contributed by atoms with Gasteiger partial charge in [0.25, 0.3) is 5.91 Å². The maximum absolute atomic E-state index is 12.5. The van der Waals surface area contributed by atoms with Gasteiger partial charge in [0.05, 0.1) is 33.9 Å². The van der Waals surface area contributed by atoms with Gasteiger partial charge in [-0.25, -0.2) is 0 Å². The van der Waals surface area contributed by atoms with Crippen molar-refractivity contribution in [2.75, 3.05) is 12.4 Å². The maximum atomic E-state index is 12.5. The van der Waals surface area contributed by atoms with Gasteiger partial charge in [0, 0.05) is 11.6 Å². The molecule has 0 aliphatic heterocycles. The molecule has 1 amide bonds. The molecule has 0 bridgehead atoms. The third-order valence-electron chi connectivity index (χ3n) is 3.39. The summed E-state index contributed by atoms with van der Waals surface area (Å²) in [7, 11) is 1.59. The third kappa shape index (κ3) is 2.96. The first kappa shape index (κ1) is 15.6. The van der Waals surface area contributed by atoms with Gasteiger partial charge in [-0.1, -0.05) is 35.3 Å². The Hall–Kier alpha value is -2.30. The van der Waals surface area contributed by atoms with E-state index >= 15 is 0 Å². The van der Waals surface area contributed by atoms with E-state index in [1.165, 1.54) is 0 Å². The summed E-state index contributed by atoms with van der Waals surface area (Å²) in [4.78, 5) is 16.8. The summed E-state index contributed by atoms with van der Waals surface area (Å²) in [5.74, 6) is 0.291. The molecule has 1 heterocycles. The highest BCUT2D eigenvalue weighted by Gasteiger charge is 2.16. The molecule has 0 fully saturated rings. The Labute approximate surface area is 143 Å². The van der Waals surface area contributed by atoms with E-state index in [1.54, 1.807) is 43.6 Å². The van der Waals surface area contributed by atoms with E-state index in [4.69, 9.17) is 27.9 Å². The van der Waals surface area contributed by atoms with Crippen molar-refractivity contribution in [3.05, 3.63) is 64.3 Å². The Morgan fingerprint density at radius 3 is 2.48 bits per heavy atom. The number of para-hydroxylation sites is 1. The van der Waals surface area contributed by atoms with Gasteiger partial charge in [-0.15, -0.1) is 0 Å². The van der Waals surface area contributed by atoms with Crippen LogP contribution in [0.2, 0.25) is 10.0 Å². The minimum absolute atomic E-state index is 0.232. The Balaban J connectivity index is 2.04. The van der Waals surface area contributed by atoms with Gasteiger partial charge in [-0.2, -0.15) is 0 Å². The molecule has 3 aromatic rings. The number of anilines is 1. The minimum Gasteiger partial charge on any atom is -0.496 e. The van der Waals surface area contributed by atoms with Gasteiger partial charge >= 0.3 is 0 Å². The highest BCUT2D eigenvalue weighted by molar-refractivity contribution is 6.40. The SMILES string of the molecule is COc1ccnc2c(NC(=O)c3c(Cl)cccc3Cl)cccc12. The van der Waals surface area contributed by atoms with Crippen molar-refractivity contribution < 1.29 is 9.53 Å². The topological polar surface area (TPSA) is 51.2 Å².